The molecular formula is C17H15NO3S2. The van der Waals surface area contributed by atoms with Crippen LogP contribution in [0.2, 0.25) is 0 Å². The molecule has 23 heavy (non-hydrogen) atoms. The molecule has 0 aliphatic heterocycles. The lowest BCUT2D eigenvalue weighted by molar-refractivity contribution is 0.103. The van der Waals surface area contributed by atoms with Crippen molar-refractivity contribution in [1.82, 2.24) is 0 Å². The summed E-state index contributed by atoms with van der Waals surface area (Å²) in [5.74, 6) is -0.227. The number of carbonyl (C=O) groups excluding carboxylic acids is 1. The third kappa shape index (κ3) is 3.13. The summed E-state index contributed by atoms with van der Waals surface area (Å²) < 4.78 is 24.3. The van der Waals surface area contributed by atoms with Crippen molar-refractivity contribution < 1.29 is 13.2 Å². The summed E-state index contributed by atoms with van der Waals surface area (Å²) in [6.45, 7) is 1.92. The van der Waals surface area contributed by atoms with Crippen molar-refractivity contribution >= 4 is 42.9 Å². The average Bonchev–Trinajstić information content (AvgIpc) is 2.84. The van der Waals surface area contributed by atoms with Crippen molar-refractivity contribution in [1.29, 1.82) is 0 Å². The van der Waals surface area contributed by atoms with Gasteiger partial charge in [-0.3, -0.25) is 4.79 Å². The first-order valence-electron chi connectivity index (χ1n) is 6.96. The van der Waals surface area contributed by atoms with E-state index < -0.39 is 9.84 Å². The smallest absolute Gasteiger partial charge is 0.266 e. The summed E-state index contributed by atoms with van der Waals surface area (Å²) in [7, 11) is -3.30. The standard InChI is InChI=1S/C17H15NO3S2/c1-11-14-8-3-4-9-15(14)22-16(11)17(19)18-12-6-5-7-13(10-12)23(2,20)21/h3-10H,1-2H3,(H,18,19). The molecule has 0 bridgehead atoms. The van der Waals surface area contributed by atoms with Crippen LogP contribution in [0, 0.1) is 6.92 Å². The zero-order valence-electron chi connectivity index (χ0n) is 12.7. The number of anilines is 1. The molecule has 1 heterocycles. The predicted molar refractivity (Wildman–Crippen MR) is 94.1 cm³/mol. The number of aryl methyl sites for hydroxylation is 1. The predicted octanol–water partition coefficient (Wildman–Crippen LogP) is 3.87. The minimum atomic E-state index is -3.30. The van der Waals surface area contributed by atoms with E-state index in [1.165, 1.54) is 23.5 Å². The van der Waals surface area contributed by atoms with Crippen LogP contribution in [0.3, 0.4) is 0 Å². The first kappa shape index (κ1) is 15.7. The fraction of sp³-hybridized carbons (Fsp3) is 0.118. The Labute approximate surface area is 138 Å². The van der Waals surface area contributed by atoms with Gasteiger partial charge in [-0.25, -0.2) is 8.42 Å². The van der Waals surface area contributed by atoms with E-state index in [1.807, 2.05) is 31.2 Å². The molecule has 2 aromatic carbocycles. The monoisotopic (exact) mass is 345 g/mol. The fourth-order valence-corrected chi connectivity index (χ4v) is 4.15. The first-order chi connectivity index (χ1) is 10.9. The number of hydrogen-bond donors (Lipinski definition) is 1. The Bertz CT molecular complexity index is 1000. The van der Waals surface area contributed by atoms with Crippen LogP contribution in [0.5, 0.6) is 0 Å². The highest BCUT2D eigenvalue weighted by atomic mass is 32.2. The van der Waals surface area contributed by atoms with E-state index in [0.717, 1.165) is 21.9 Å². The highest BCUT2D eigenvalue weighted by Gasteiger charge is 2.16. The molecule has 1 N–H and O–H groups in total. The van der Waals surface area contributed by atoms with E-state index in [1.54, 1.807) is 12.1 Å². The number of fused-ring (bicyclic) bond motifs is 1. The molecule has 0 unspecified atom stereocenters. The van der Waals surface area contributed by atoms with Crippen molar-refractivity contribution in [3.8, 4) is 0 Å². The van der Waals surface area contributed by atoms with Crippen LogP contribution in [-0.2, 0) is 9.84 Å². The van der Waals surface area contributed by atoms with Crippen molar-refractivity contribution in [2.75, 3.05) is 11.6 Å². The third-order valence-corrected chi connectivity index (χ3v) is 5.95. The Morgan fingerprint density at radius 2 is 1.83 bits per heavy atom. The molecule has 1 amide bonds. The average molecular weight is 345 g/mol. The van der Waals surface area contributed by atoms with Crippen LogP contribution in [0.1, 0.15) is 15.2 Å². The van der Waals surface area contributed by atoms with Crippen molar-refractivity contribution in [3.05, 3.63) is 59.0 Å². The molecule has 0 saturated heterocycles. The Morgan fingerprint density at radius 1 is 1.09 bits per heavy atom. The molecule has 0 fully saturated rings. The number of nitrogens with one attached hydrogen (secondary N) is 1. The molecule has 3 rings (SSSR count). The number of amides is 1. The maximum atomic E-state index is 12.5. The molecule has 4 nitrogen and oxygen atoms in total. The molecular weight excluding hydrogens is 330 g/mol. The second kappa shape index (κ2) is 5.79. The van der Waals surface area contributed by atoms with Crippen LogP contribution in [0.15, 0.2) is 53.4 Å². The molecule has 6 heteroatoms. The summed E-state index contributed by atoms with van der Waals surface area (Å²) in [4.78, 5) is 13.3. The number of rotatable bonds is 3. The third-order valence-electron chi connectivity index (χ3n) is 3.57. The largest absolute Gasteiger partial charge is 0.321 e. The van der Waals surface area contributed by atoms with Gasteiger partial charge in [0.1, 0.15) is 0 Å². The summed E-state index contributed by atoms with van der Waals surface area (Å²) in [6.07, 6.45) is 1.14. The highest BCUT2D eigenvalue weighted by molar-refractivity contribution is 7.90. The van der Waals surface area contributed by atoms with Gasteiger partial charge in [-0.1, -0.05) is 24.3 Å². The van der Waals surface area contributed by atoms with Crippen LogP contribution >= 0.6 is 11.3 Å². The number of benzene rings is 2. The number of sulfone groups is 1. The summed E-state index contributed by atoms with van der Waals surface area (Å²) in [5.41, 5.74) is 1.40. The normalized spacial score (nSPS) is 11.6. The second-order valence-electron chi connectivity index (χ2n) is 5.31. The van der Waals surface area contributed by atoms with E-state index >= 15 is 0 Å². The second-order valence-corrected chi connectivity index (χ2v) is 8.37. The zero-order chi connectivity index (χ0) is 16.6. The van der Waals surface area contributed by atoms with Gasteiger partial charge in [0.15, 0.2) is 9.84 Å². The van der Waals surface area contributed by atoms with Gasteiger partial charge in [0.25, 0.3) is 5.91 Å². The van der Waals surface area contributed by atoms with E-state index in [9.17, 15) is 13.2 Å². The van der Waals surface area contributed by atoms with Gasteiger partial charge in [-0.15, -0.1) is 11.3 Å². The van der Waals surface area contributed by atoms with Gasteiger partial charge < -0.3 is 5.32 Å². The first-order valence-corrected chi connectivity index (χ1v) is 9.66. The van der Waals surface area contributed by atoms with E-state index in [4.69, 9.17) is 0 Å². The molecule has 0 atom stereocenters. The molecule has 118 valence electrons. The van der Waals surface area contributed by atoms with Gasteiger partial charge in [0.05, 0.1) is 9.77 Å². The lowest BCUT2D eigenvalue weighted by Gasteiger charge is -2.06. The van der Waals surface area contributed by atoms with Crippen LogP contribution in [0.25, 0.3) is 10.1 Å². The maximum absolute atomic E-state index is 12.5. The van der Waals surface area contributed by atoms with E-state index in [-0.39, 0.29) is 10.8 Å². The minimum absolute atomic E-state index is 0.184. The van der Waals surface area contributed by atoms with Gasteiger partial charge in [0, 0.05) is 16.6 Å². The maximum Gasteiger partial charge on any atom is 0.266 e. The van der Waals surface area contributed by atoms with Gasteiger partial charge in [-0.05, 0) is 42.1 Å². The summed E-state index contributed by atoms with van der Waals surface area (Å²) in [5, 5.41) is 3.84. The van der Waals surface area contributed by atoms with Gasteiger partial charge >= 0.3 is 0 Å². The molecule has 0 aliphatic rings. The van der Waals surface area contributed by atoms with Crippen molar-refractivity contribution in [3.63, 3.8) is 0 Å². The van der Waals surface area contributed by atoms with Crippen molar-refractivity contribution in [2.24, 2.45) is 0 Å². The Kier molecular flexibility index (Phi) is 3.95. The van der Waals surface area contributed by atoms with Crippen molar-refractivity contribution in [2.45, 2.75) is 11.8 Å². The Hall–Kier alpha value is -2.18. The SMILES string of the molecule is Cc1c(C(=O)Nc2cccc(S(C)(=O)=O)c2)sc2ccccc12. The van der Waals surface area contributed by atoms with Crippen LogP contribution < -0.4 is 5.32 Å². The Morgan fingerprint density at radius 3 is 2.52 bits per heavy atom. The summed E-state index contributed by atoms with van der Waals surface area (Å²) in [6, 6.07) is 14.1. The number of thiophene rings is 1. The highest BCUT2D eigenvalue weighted by Crippen LogP contribution is 2.31. The van der Waals surface area contributed by atoms with Gasteiger partial charge in [-0.2, -0.15) is 0 Å². The molecule has 0 radical (unpaired) electrons. The Balaban J connectivity index is 1.94. The summed E-state index contributed by atoms with van der Waals surface area (Å²) >= 11 is 1.43. The van der Waals surface area contributed by atoms with Gasteiger partial charge in [0.2, 0.25) is 0 Å². The number of carbonyl (C=O) groups is 1. The fourth-order valence-electron chi connectivity index (χ4n) is 2.38. The van der Waals surface area contributed by atoms with Crippen LogP contribution in [-0.4, -0.2) is 20.6 Å². The zero-order valence-corrected chi connectivity index (χ0v) is 14.3. The molecule has 0 spiro atoms. The number of hydrogen-bond acceptors (Lipinski definition) is 4. The minimum Gasteiger partial charge on any atom is -0.321 e. The lowest BCUT2D eigenvalue weighted by atomic mass is 10.1. The van der Waals surface area contributed by atoms with Crippen LogP contribution in [0.4, 0.5) is 5.69 Å². The lowest BCUT2D eigenvalue weighted by Crippen LogP contribution is -2.11. The molecule has 0 aliphatic carbocycles. The quantitative estimate of drug-likeness (QED) is 0.784. The molecule has 1 aromatic heterocycles. The van der Waals surface area contributed by atoms with E-state index in [0.29, 0.717) is 10.6 Å². The molecule has 3 aromatic rings. The molecule has 0 saturated carbocycles. The van der Waals surface area contributed by atoms with E-state index in [2.05, 4.69) is 5.32 Å². The topological polar surface area (TPSA) is 63.2 Å².